The van der Waals surface area contributed by atoms with E-state index in [2.05, 4.69) is 22.1 Å². The van der Waals surface area contributed by atoms with Gasteiger partial charge < -0.3 is 15.2 Å². The monoisotopic (exact) mass is 412 g/mol. The quantitative estimate of drug-likeness (QED) is 0.483. The van der Waals surface area contributed by atoms with Gasteiger partial charge in [0.1, 0.15) is 11.2 Å². The number of hydrogen-bond acceptors (Lipinski definition) is 4. The van der Waals surface area contributed by atoms with E-state index in [4.69, 9.17) is 11.6 Å². The Kier molecular flexibility index (Phi) is 5.15. The molecule has 1 aliphatic heterocycles. The number of carbonyl (C=O) groups excluding carboxylic acids is 1. The number of non-ortho nitro benzene ring substituents is 1. The first kappa shape index (κ1) is 19.3. The maximum absolute atomic E-state index is 12.6. The summed E-state index contributed by atoms with van der Waals surface area (Å²) < 4.78 is 0. The third-order valence-corrected chi connectivity index (χ3v) is 5.66. The average Bonchev–Trinajstić information content (AvgIpc) is 3.34. The number of nitrogens with one attached hydrogen (secondary N) is 2. The van der Waals surface area contributed by atoms with Crippen LogP contribution >= 0.6 is 11.6 Å². The summed E-state index contributed by atoms with van der Waals surface area (Å²) in [6, 6.07) is 12.3. The SMILES string of the molecule is Cc1ccc(Cl)cc1N1CCC(CNC(=O)c2cc3cccc([N+](=O)[O-])c3[nH]2)C1. The Balaban J connectivity index is 1.40. The normalized spacial score (nSPS) is 16.3. The largest absolute Gasteiger partial charge is 0.371 e. The Hall–Kier alpha value is -3.06. The molecule has 2 aromatic carbocycles. The Morgan fingerprint density at radius 3 is 2.97 bits per heavy atom. The van der Waals surface area contributed by atoms with Gasteiger partial charge in [-0.3, -0.25) is 14.9 Å². The predicted octanol–water partition coefficient (Wildman–Crippen LogP) is 4.29. The summed E-state index contributed by atoms with van der Waals surface area (Å²) in [6.45, 7) is 4.38. The van der Waals surface area contributed by atoms with Gasteiger partial charge in [-0.05, 0) is 43.0 Å². The highest BCUT2D eigenvalue weighted by atomic mass is 35.5. The van der Waals surface area contributed by atoms with Crippen molar-refractivity contribution in [2.45, 2.75) is 13.3 Å². The number of fused-ring (bicyclic) bond motifs is 1. The molecule has 8 heteroatoms. The molecule has 1 saturated heterocycles. The summed E-state index contributed by atoms with van der Waals surface area (Å²) in [7, 11) is 0. The van der Waals surface area contributed by atoms with Crippen molar-refractivity contribution in [1.29, 1.82) is 0 Å². The first-order valence-corrected chi connectivity index (χ1v) is 9.85. The number of para-hydroxylation sites is 1. The summed E-state index contributed by atoms with van der Waals surface area (Å²) in [5, 5.41) is 15.5. The predicted molar refractivity (Wildman–Crippen MR) is 114 cm³/mol. The lowest BCUT2D eigenvalue weighted by molar-refractivity contribution is -0.383. The molecule has 1 atom stereocenters. The van der Waals surface area contributed by atoms with Gasteiger partial charge in [-0.2, -0.15) is 0 Å². The van der Waals surface area contributed by atoms with Crippen molar-refractivity contribution in [3.63, 3.8) is 0 Å². The van der Waals surface area contributed by atoms with Crippen LogP contribution in [0.15, 0.2) is 42.5 Å². The first-order chi connectivity index (χ1) is 13.9. The molecule has 0 bridgehead atoms. The summed E-state index contributed by atoms with van der Waals surface area (Å²) in [5.41, 5.74) is 2.97. The minimum Gasteiger partial charge on any atom is -0.371 e. The van der Waals surface area contributed by atoms with Crippen LogP contribution in [0.4, 0.5) is 11.4 Å². The van der Waals surface area contributed by atoms with E-state index in [0.29, 0.717) is 29.1 Å². The molecule has 1 aromatic heterocycles. The standard InChI is InChI=1S/C21H21ClN4O3/c1-13-5-6-16(22)10-19(13)25-8-7-14(12-25)11-23-21(27)17-9-15-3-2-4-18(26(28)29)20(15)24-17/h2-6,9-10,14,24H,7-8,11-12H2,1H3,(H,23,27). The molecule has 2 N–H and O–H groups in total. The summed E-state index contributed by atoms with van der Waals surface area (Å²) in [6.07, 6.45) is 0.977. The number of nitrogens with zero attached hydrogens (tertiary/aromatic N) is 2. The lowest BCUT2D eigenvalue weighted by Crippen LogP contribution is -2.31. The number of carbonyl (C=O) groups is 1. The molecule has 0 saturated carbocycles. The zero-order valence-electron chi connectivity index (χ0n) is 15.9. The van der Waals surface area contributed by atoms with Gasteiger partial charge >= 0.3 is 0 Å². The van der Waals surface area contributed by atoms with Gasteiger partial charge in [-0.15, -0.1) is 0 Å². The number of anilines is 1. The van der Waals surface area contributed by atoms with Crippen LogP contribution in [-0.4, -0.2) is 35.4 Å². The van der Waals surface area contributed by atoms with Crippen LogP contribution in [0.1, 0.15) is 22.5 Å². The topological polar surface area (TPSA) is 91.3 Å². The van der Waals surface area contributed by atoms with Gasteiger partial charge in [0.15, 0.2) is 0 Å². The van der Waals surface area contributed by atoms with Crippen molar-refractivity contribution in [2.24, 2.45) is 5.92 Å². The number of halogens is 1. The van der Waals surface area contributed by atoms with Crippen LogP contribution in [-0.2, 0) is 0 Å². The minimum absolute atomic E-state index is 0.0372. The minimum atomic E-state index is -0.453. The second kappa shape index (κ2) is 7.75. The molecule has 3 aromatic rings. The van der Waals surface area contributed by atoms with Crippen molar-refractivity contribution in [1.82, 2.24) is 10.3 Å². The zero-order chi connectivity index (χ0) is 20.5. The lowest BCUT2D eigenvalue weighted by atomic mass is 10.1. The Morgan fingerprint density at radius 2 is 2.17 bits per heavy atom. The fourth-order valence-corrected chi connectivity index (χ4v) is 4.05. The van der Waals surface area contributed by atoms with Crippen LogP contribution in [0.3, 0.4) is 0 Å². The highest BCUT2D eigenvalue weighted by molar-refractivity contribution is 6.30. The van der Waals surface area contributed by atoms with Crippen LogP contribution in [0, 0.1) is 23.0 Å². The van der Waals surface area contributed by atoms with Gasteiger partial charge in [0.25, 0.3) is 11.6 Å². The van der Waals surface area contributed by atoms with Crippen molar-refractivity contribution < 1.29 is 9.72 Å². The Bertz CT molecular complexity index is 1090. The summed E-state index contributed by atoms with van der Waals surface area (Å²) in [4.78, 5) is 28.5. The Labute approximate surface area is 172 Å². The van der Waals surface area contributed by atoms with Crippen LogP contribution in [0.2, 0.25) is 5.02 Å². The van der Waals surface area contributed by atoms with E-state index >= 15 is 0 Å². The number of H-pyrrole nitrogens is 1. The smallest absolute Gasteiger partial charge is 0.293 e. The number of benzene rings is 2. The van der Waals surface area contributed by atoms with E-state index in [-0.39, 0.29) is 11.6 Å². The van der Waals surface area contributed by atoms with Crippen LogP contribution < -0.4 is 10.2 Å². The maximum Gasteiger partial charge on any atom is 0.293 e. The van der Waals surface area contributed by atoms with E-state index in [1.807, 2.05) is 18.2 Å². The highest BCUT2D eigenvalue weighted by Gasteiger charge is 2.25. The van der Waals surface area contributed by atoms with E-state index in [9.17, 15) is 14.9 Å². The van der Waals surface area contributed by atoms with Crippen molar-refractivity contribution in [3.05, 3.63) is 68.9 Å². The number of aromatic nitrogens is 1. The zero-order valence-corrected chi connectivity index (χ0v) is 16.7. The second-order valence-corrected chi connectivity index (χ2v) is 7.86. The van der Waals surface area contributed by atoms with Gasteiger partial charge in [0.2, 0.25) is 0 Å². The molecular formula is C21H21ClN4O3. The molecule has 0 radical (unpaired) electrons. The average molecular weight is 413 g/mol. The molecule has 4 rings (SSSR count). The van der Waals surface area contributed by atoms with Gasteiger partial charge in [-0.1, -0.05) is 29.8 Å². The molecule has 0 aliphatic carbocycles. The van der Waals surface area contributed by atoms with Crippen LogP contribution in [0.25, 0.3) is 10.9 Å². The molecule has 1 aliphatic rings. The number of hydrogen-bond donors (Lipinski definition) is 2. The van der Waals surface area contributed by atoms with Gasteiger partial charge in [0, 0.05) is 41.8 Å². The molecule has 1 unspecified atom stereocenters. The number of rotatable bonds is 5. The summed E-state index contributed by atoms with van der Waals surface area (Å²) >= 11 is 6.14. The van der Waals surface area contributed by atoms with E-state index in [1.165, 1.54) is 11.6 Å². The van der Waals surface area contributed by atoms with Crippen molar-refractivity contribution in [2.75, 3.05) is 24.5 Å². The Morgan fingerprint density at radius 1 is 1.34 bits per heavy atom. The number of nitro groups is 1. The lowest BCUT2D eigenvalue weighted by Gasteiger charge is -2.21. The fourth-order valence-electron chi connectivity index (χ4n) is 3.89. The molecule has 7 nitrogen and oxygen atoms in total. The molecular weight excluding hydrogens is 392 g/mol. The highest BCUT2D eigenvalue weighted by Crippen LogP contribution is 2.29. The van der Waals surface area contributed by atoms with Crippen molar-refractivity contribution >= 4 is 39.8 Å². The van der Waals surface area contributed by atoms with Crippen molar-refractivity contribution in [3.8, 4) is 0 Å². The number of amides is 1. The third kappa shape index (κ3) is 3.91. The maximum atomic E-state index is 12.6. The van der Waals surface area contributed by atoms with E-state index in [1.54, 1.807) is 18.2 Å². The van der Waals surface area contributed by atoms with Gasteiger partial charge in [-0.25, -0.2) is 0 Å². The number of aryl methyl sites for hydroxylation is 1. The first-order valence-electron chi connectivity index (χ1n) is 9.48. The number of aromatic amines is 1. The van der Waals surface area contributed by atoms with E-state index < -0.39 is 4.92 Å². The summed E-state index contributed by atoms with van der Waals surface area (Å²) in [5.74, 6) is 0.0731. The molecule has 0 spiro atoms. The fraction of sp³-hybridized carbons (Fsp3) is 0.286. The molecule has 1 amide bonds. The molecule has 2 heterocycles. The van der Waals surface area contributed by atoms with E-state index in [0.717, 1.165) is 30.2 Å². The second-order valence-electron chi connectivity index (χ2n) is 7.42. The molecule has 29 heavy (non-hydrogen) atoms. The number of nitro benzene ring substituents is 1. The molecule has 150 valence electrons. The van der Waals surface area contributed by atoms with Gasteiger partial charge in [0.05, 0.1) is 4.92 Å². The third-order valence-electron chi connectivity index (χ3n) is 5.42. The van der Waals surface area contributed by atoms with Crippen LogP contribution in [0.5, 0.6) is 0 Å². The molecule has 1 fully saturated rings.